The van der Waals surface area contributed by atoms with E-state index in [9.17, 15) is 40.3 Å². The first-order chi connectivity index (χ1) is 11.9. The Balaban J connectivity index is 4.99. The average molecular weight is 414 g/mol. The lowest BCUT2D eigenvalue weighted by Gasteiger charge is -2.38. The summed E-state index contributed by atoms with van der Waals surface area (Å²) in [5, 5.41) is 8.92. The average Bonchev–Trinajstić information content (AvgIpc) is 2.51. The fourth-order valence-corrected chi connectivity index (χ4v) is 1.66. The molecule has 0 radical (unpaired) electrons. The van der Waals surface area contributed by atoms with Gasteiger partial charge in [-0.25, -0.2) is 8.78 Å². The third-order valence-corrected chi connectivity index (χ3v) is 4.05. The van der Waals surface area contributed by atoms with Gasteiger partial charge in [0.25, 0.3) is 12.0 Å². The third-order valence-electron chi connectivity index (χ3n) is 4.05. The molecule has 0 aliphatic heterocycles. The van der Waals surface area contributed by atoms with Crippen LogP contribution in [0, 0.1) is 5.41 Å². The zero-order valence-corrected chi connectivity index (χ0v) is 15.0. The summed E-state index contributed by atoms with van der Waals surface area (Å²) in [6, 6.07) is 0. The molecule has 0 amide bonds. The first kappa shape index (κ1) is 25.4. The highest BCUT2D eigenvalue weighted by Gasteiger charge is 2.76. The minimum Gasteiger partial charge on any atom is -0.465 e. The molecular weight excluding hydrogens is 393 g/mol. The van der Waals surface area contributed by atoms with Crippen LogP contribution in [0.2, 0.25) is 0 Å². The first-order valence-corrected chi connectivity index (χ1v) is 7.76. The van der Waals surface area contributed by atoms with E-state index >= 15 is 0 Å². The maximum absolute atomic E-state index is 13.8. The summed E-state index contributed by atoms with van der Waals surface area (Å²) in [5.74, 6) is -7.78. The van der Waals surface area contributed by atoms with E-state index in [2.05, 4.69) is 4.74 Å². The zero-order valence-electron chi connectivity index (χ0n) is 15.0. The largest absolute Gasteiger partial charge is 0.465 e. The number of ether oxygens (including phenoxy) is 2. The molecule has 0 aliphatic rings. The van der Waals surface area contributed by atoms with E-state index in [0.29, 0.717) is 6.42 Å². The summed E-state index contributed by atoms with van der Waals surface area (Å²) in [4.78, 5) is 23.1. The molecule has 27 heavy (non-hydrogen) atoms. The quantitative estimate of drug-likeness (QED) is 0.462. The molecular formula is C15H21F7O5. The maximum Gasteiger partial charge on any atom is 0.429 e. The van der Waals surface area contributed by atoms with Crippen LogP contribution in [0.25, 0.3) is 0 Å². The van der Waals surface area contributed by atoms with Gasteiger partial charge < -0.3 is 14.6 Å². The van der Waals surface area contributed by atoms with Gasteiger partial charge in [-0.1, -0.05) is 6.92 Å². The topological polar surface area (TPSA) is 72.8 Å². The highest BCUT2D eigenvalue weighted by molar-refractivity contribution is 5.76. The van der Waals surface area contributed by atoms with Gasteiger partial charge in [0, 0.05) is 0 Å². The van der Waals surface area contributed by atoms with E-state index in [0.717, 1.165) is 0 Å². The minimum absolute atomic E-state index is 0.225. The number of alkyl halides is 7. The van der Waals surface area contributed by atoms with Gasteiger partial charge in [-0.15, -0.1) is 0 Å². The van der Waals surface area contributed by atoms with E-state index in [4.69, 9.17) is 9.84 Å². The number of hydrogen-bond acceptors (Lipinski definition) is 5. The third kappa shape index (κ3) is 5.45. The summed E-state index contributed by atoms with van der Waals surface area (Å²) >= 11 is 0. The summed E-state index contributed by atoms with van der Waals surface area (Å²) in [7, 11) is 0. The molecule has 1 N–H and O–H groups in total. The molecule has 0 spiro atoms. The lowest BCUT2D eigenvalue weighted by Crippen LogP contribution is -2.67. The van der Waals surface area contributed by atoms with Crippen LogP contribution in [0.1, 0.15) is 40.5 Å². The molecule has 0 fully saturated rings. The van der Waals surface area contributed by atoms with E-state index in [-0.39, 0.29) is 6.92 Å². The number of carbonyl (C=O) groups is 2. The molecule has 0 aliphatic carbocycles. The van der Waals surface area contributed by atoms with Crippen LogP contribution in [-0.2, 0) is 19.1 Å². The van der Waals surface area contributed by atoms with Crippen molar-refractivity contribution >= 4 is 11.9 Å². The van der Waals surface area contributed by atoms with Crippen molar-refractivity contribution in [2.45, 2.75) is 70.8 Å². The Bertz CT molecular complexity index is 533. The van der Waals surface area contributed by atoms with Gasteiger partial charge in [0.2, 0.25) is 0 Å². The number of carbonyl (C=O) groups excluding carboxylic acids is 2. The van der Waals surface area contributed by atoms with E-state index < -0.39 is 60.6 Å². The van der Waals surface area contributed by atoms with Crippen LogP contribution in [0.4, 0.5) is 30.7 Å². The molecule has 5 nitrogen and oxygen atoms in total. The van der Waals surface area contributed by atoms with E-state index in [1.165, 1.54) is 0 Å². The molecule has 0 saturated heterocycles. The van der Waals surface area contributed by atoms with Gasteiger partial charge in [-0.05, 0) is 27.2 Å². The lowest BCUT2D eigenvalue weighted by molar-refractivity contribution is -0.379. The molecule has 0 heterocycles. The van der Waals surface area contributed by atoms with Crippen molar-refractivity contribution in [3.63, 3.8) is 0 Å². The second-order valence-electron chi connectivity index (χ2n) is 6.44. The molecule has 12 heteroatoms. The highest BCUT2D eigenvalue weighted by Crippen LogP contribution is 2.48. The molecule has 0 aromatic carbocycles. The Morgan fingerprint density at radius 1 is 1.07 bits per heavy atom. The van der Waals surface area contributed by atoms with Crippen LogP contribution in [0.3, 0.4) is 0 Å². The van der Waals surface area contributed by atoms with Crippen molar-refractivity contribution in [2.75, 3.05) is 6.61 Å². The number of halogens is 7. The fourth-order valence-electron chi connectivity index (χ4n) is 1.66. The second-order valence-corrected chi connectivity index (χ2v) is 6.44. The summed E-state index contributed by atoms with van der Waals surface area (Å²) in [5.41, 5.74) is -6.60. The molecule has 0 saturated carbocycles. The molecule has 0 bridgehead atoms. The second kappa shape index (κ2) is 8.61. The summed E-state index contributed by atoms with van der Waals surface area (Å²) in [6.07, 6.45) is -14.7. The maximum atomic E-state index is 13.8. The summed E-state index contributed by atoms with van der Waals surface area (Å²) in [6.45, 7) is 4.38. The van der Waals surface area contributed by atoms with Crippen LogP contribution in [0.15, 0.2) is 0 Å². The Morgan fingerprint density at radius 3 is 1.93 bits per heavy atom. The molecule has 0 aromatic rings. The van der Waals surface area contributed by atoms with Gasteiger partial charge in [0.1, 0.15) is 6.61 Å². The fraction of sp³-hybridized carbons (Fsp3) is 0.867. The molecule has 2 unspecified atom stereocenters. The van der Waals surface area contributed by atoms with Gasteiger partial charge in [-0.3, -0.25) is 9.59 Å². The molecule has 0 rings (SSSR count). The van der Waals surface area contributed by atoms with E-state index in [1.807, 2.05) is 0 Å². The predicted molar refractivity (Wildman–Crippen MR) is 77.2 cm³/mol. The van der Waals surface area contributed by atoms with Crippen molar-refractivity contribution in [3.8, 4) is 0 Å². The van der Waals surface area contributed by atoms with Crippen LogP contribution < -0.4 is 0 Å². The SMILES string of the molecule is CCC(C)(C)C(=O)OCCC(=O)OC(C)C(F)(F)C(O)(C(F)F)C(F)(F)F. The Morgan fingerprint density at radius 2 is 1.56 bits per heavy atom. The van der Waals surface area contributed by atoms with Gasteiger partial charge >= 0.3 is 24.0 Å². The van der Waals surface area contributed by atoms with Crippen molar-refractivity contribution in [1.82, 2.24) is 0 Å². The monoisotopic (exact) mass is 414 g/mol. The van der Waals surface area contributed by atoms with Crippen LogP contribution >= 0.6 is 0 Å². The number of hydrogen-bond donors (Lipinski definition) is 1. The number of aliphatic hydroxyl groups is 1. The van der Waals surface area contributed by atoms with E-state index in [1.54, 1.807) is 20.8 Å². The van der Waals surface area contributed by atoms with Gasteiger partial charge in [0.05, 0.1) is 11.8 Å². The Kier molecular flexibility index (Phi) is 8.11. The molecule has 0 aromatic heterocycles. The molecule has 2 atom stereocenters. The lowest BCUT2D eigenvalue weighted by atomic mass is 9.91. The molecule has 160 valence electrons. The zero-order chi connectivity index (χ0) is 21.8. The number of rotatable bonds is 9. The minimum atomic E-state index is -6.40. The van der Waals surface area contributed by atoms with Crippen LogP contribution in [0.5, 0.6) is 0 Å². The smallest absolute Gasteiger partial charge is 0.429 e. The van der Waals surface area contributed by atoms with Crippen molar-refractivity contribution in [2.24, 2.45) is 5.41 Å². The highest BCUT2D eigenvalue weighted by atomic mass is 19.4. The van der Waals surface area contributed by atoms with Crippen molar-refractivity contribution in [3.05, 3.63) is 0 Å². The normalized spacial score (nSPS) is 16.6. The standard InChI is InChI=1S/C15H21F7O5/c1-5-12(3,4)11(24)26-7-6-9(23)27-8(2)14(18,19)13(25,10(16)17)15(20,21)22/h8,10,25H,5-7H2,1-4H3. The Hall–Kier alpha value is -1.59. The first-order valence-electron chi connectivity index (χ1n) is 7.76. The van der Waals surface area contributed by atoms with Crippen molar-refractivity contribution in [1.29, 1.82) is 0 Å². The number of esters is 2. The predicted octanol–water partition coefficient (Wildman–Crippen LogP) is 3.48. The Labute approximate surface area is 150 Å². The van der Waals surface area contributed by atoms with Crippen molar-refractivity contribution < 1.29 is 54.9 Å². The van der Waals surface area contributed by atoms with Gasteiger partial charge in [-0.2, -0.15) is 22.0 Å². The van der Waals surface area contributed by atoms with Gasteiger partial charge in [0.15, 0.2) is 6.10 Å². The van der Waals surface area contributed by atoms with Crippen LogP contribution in [-0.4, -0.2) is 53.9 Å². The summed E-state index contributed by atoms with van der Waals surface area (Å²) < 4.78 is 99.2.